The second kappa shape index (κ2) is 6.29. The Balaban J connectivity index is 2.21. The van der Waals surface area contributed by atoms with Gasteiger partial charge < -0.3 is 9.15 Å². The van der Waals surface area contributed by atoms with Crippen molar-refractivity contribution in [2.24, 2.45) is 0 Å². The third-order valence-electron chi connectivity index (χ3n) is 4.01. The summed E-state index contributed by atoms with van der Waals surface area (Å²) in [6, 6.07) is 13.8. The Kier molecular flexibility index (Phi) is 4.20. The van der Waals surface area contributed by atoms with Gasteiger partial charge in [0.2, 0.25) is 0 Å². The van der Waals surface area contributed by atoms with E-state index < -0.39 is 0 Å². The van der Waals surface area contributed by atoms with E-state index in [0.717, 1.165) is 27.8 Å². The molecule has 2 aromatic carbocycles. The first-order valence-electron chi connectivity index (χ1n) is 7.83. The third-order valence-corrected chi connectivity index (χ3v) is 4.01. The summed E-state index contributed by atoms with van der Waals surface area (Å²) in [6.07, 6.45) is 0.560. The molecule has 0 aliphatic heterocycles. The van der Waals surface area contributed by atoms with E-state index in [9.17, 15) is 4.79 Å². The maximum Gasteiger partial charge on any atom is 0.340 e. The van der Waals surface area contributed by atoms with Crippen molar-refractivity contribution in [3.05, 3.63) is 75.1 Å². The fourth-order valence-electron chi connectivity index (χ4n) is 2.91. The molecule has 0 saturated heterocycles. The van der Waals surface area contributed by atoms with Gasteiger partial charge in [0, 0.05) is 12.0 Å². The summed E-state index contributed by atoms with van der Waals surface area (Å²) in [5.74, 6) is 0.776. The van der Waals surface area contributed by atoms with Crippen LogP contribution in [0.5, 0.6) is 5.75 Å². The molecule has 3 nitrogen and oxygen atoms in total. The zero-order valence-electron chi connectivity index (χ0n) is 13.7. The van der Waals surface area contributed by atoms with Crippen molar-refractivity contribution >= 4 is 11.0 Å². The molecule has 0 amide bonds. The van der Waals surface area contributed by atoms with Gasteiger partial charge in [0.25, 0.3) is 0 Å². The molecule has 0 bridgehead atoms. The highest BCUT2D eigenvalue weighted by molar-refractivity contribution is 5.88. The molecule has 0 radical (unpaired) electrons. The standard InChI is InChI=1S/C20H20O3/c1-4-22-17-10-13(2)11-18-19(17)14(3)16(20(21)23-18)12-15-8-6-5-7-9-15/h5-11H,4,12H2,1-3H3. The van der Waals surface area contributed by atoms with Gasteiger partial charge in [0.1, 0.15) is 11.3 Å². The molecule has 118 valence electrons. The molecule has 3 heteroatoms. The molecule has 0 N–H and O–H groups in total. The Labute approximate surface area is 135 Å². The Morgan fingerprint density at radius 1 is 1.09 bits per heavy atom. The minimum absolute atomic E-state index is 0.271. The van der Waals surface area contributed by atoms with Crippen LogP contribution in [0.2, 0.25) is 0 Å². The maximum atomic E-state index is 12.4. The Bertz CT molecular complexity index is 892. The number of hydrogen-bond acceptors (Lipinski definition) is 3. The molecule has 3 aromatic rings. The predicted molar refractivity (Wildman–Crippen MR) is 92.4 cm³/mol. The van der Waals surface area contributed by atoms with Crippen molar-refractivity contribution in [2.45, 2.75) is 27.2 Å². The van der Waals surface area contributed by atoms with Crippen LogP contribution in [0.15, 0.2) is 51.7 Å². The van der Waals surface area contributed by atoms with Crippen LogP contribution in [0, 0.1) is 13.8 Å². The van der Waals surface area contributed by atoms with Crippen molar-refractivity contribution < 1.29 is 9.15 Å². The fourth-order valence-corrected chi connectivity index (χ4v) is 2.91. The quantitative estimate of drug-likeness (QED) is 0.671. The molecule has 23 heavy (non-hydrogen) atoms. The fraction of sp³-hybridized carbons (Fsp3) is 0.250. The molecule has 1 heterocycles. The lowest BCUT2D eigenvalue weighted by Gasteiger charge is -2.13. The predicted octanol–water partition coefficient (Wildman–Crippen LogP) is 4.40. The van der Waals surface area contributed by atoms with E-state index in [0.29, 0.717) is 24.2 Å². The largest absolute Gasteiger partial charge is 0.493 e. The summed E-state index contributed by atoms with van der Waals surface area (Å²) in [6.45, 7) is 6.46. The average molecular weight is 308 g/mol. The van der Waals surface area contributed by atoms with Gasteiger partial charge in [-0.3, -0.25) is 0 Å². The highest BCUT2D eigenvalue weighted by Gasteiger charge is 2.16. The van der Waals surface area contributed by atoms with Crippen molar-refractivity contribution in [3.8, 4) is 5.75 Å². The lowest BCUT2D eigenvalue weighted by molar-refractivity contribution is 0.343. The summed E-state index contributed by atoms with van der Waals surface area (Å²) < 4.78 is 11.3. The van der Waals surface area contributed by atoms with E-state index in [1.165, 1.54) is 0 Å². The summed E-state index contributed by atoms with van der Waals surface area (Å²) in [4.78, 5) is 12.4. The van der Waals surface area contributed by atoms with Gasteiger partial charge in [0.05, 0.1) is 12.0 Å². The number of fused-ring (bicyclic) bond motifs is 1. The molecular weight excluding hydrogens is 288 g/mol. The minimum Gasteiger partial charge on any atom is -0.493 e. The van der Waals surface area contributed by atoms with Gasteiger partial charge in [-0.25, -0.2) is 4.79 Å². The smallest absolute Gasteiger partial charge is 0.340 e. The van der Waals surface area contributed by atoms with Crippen molar-refractivity contribution in [2.75, 3.05) is 6.61 Å². The lowest BCUT2D eigenvalue weighted by Crippen LogP contribution is -2.11. The number of rotatable bonds is 4. The van der Waals surface area contributed by atoms with E-state index in [1.807, 2.05) is 63.2 Å². The third kappa shape index (κ3) is 3.00. The van der Waals surface area contributed by atoms with Gasteiger partial charge in [-0.2, -0.15) is 0 Å². The molecule has 0 spiro atoms. The molecule has 0 atom stereocenters. The van der Waals surface area contributed by atoms with Crippen LogP contribution in [0.1, 0.15) is 29.2 Å². The van der Waals surface area contributed by atoms with Crippen LogP contribution in [0.4, 0.5) is 0 Å². The van der Waals surface area contributed by atoms with Gasteiger partial charge in [0.15, 0.2) is 0 Å². The topological polar surface area (TPSA) is 39.4 Å². The summed E-state index contributed by atoms with van der Waals surface area (Å²) in [7, 11) is 0. The first-order chi connectivity index (χ1) is 11.1. The van der Waals surface area contributed by atoms with E-state index in [-0.39, 0.29) is 5.63 Å². The molecule has 1 aromatic heterocycles. The number of benzene rings is 2. The molecule has 0 aliphatic carbocycles. The summed E-state index contributed by atoms with van der Waals surface area (Å²) in [5.41, 5.74) is 4.04. The van der Waals surface area contributed by atoms with Gasteiger partial charge in [-0.05, 0) is 49.6 Å². The van der Waals surface area contributed by atoms with Gasteiger partial charge in [-0.1, -0.05) is 30.3 Å². The van der Waals surface area contributed by atoms with Crippen LogP contribution in [0.3, 0.4) is 0 Å². The maximum absolute atomic E-state index is 12.4. The first-order valence-corrected chi connectivity index (χ1v) is 7.83. The number of ether oxygens (including phenoxy) is 1. The molecule has 3 rings (SSSR count). The van der Waals surface area contributed by atoms with Crippen molar-refractivity contribution in [3.63, 3.8) is 0 Å². The summed E-state index contributed by atoms with van der Waals surface area (Å²) >= 11 is 0. The molecular formula is C20H20O3. The first kappa shape index (κ1) is 15.3. The number of aryl methyl sites for hydroxylation is 2. The Morgan fingerprint density at radius 3 is 2.52 bits per heavy atom. The van der Waals surface area contributed by atoms with Gasteiger partial charge in [-0.15, -0.1) is 0 Å². The van der Waals surface area contributed by atoms with Crippen LogP contribution >= 0.6 is 0 Å². The molecule has 0 aliphatic rings. The highest BCUT2D eigenvalue weighted by atomic mass is 16.5. The van der Waals surface area contributed by atoms with E-state index in [1.54, 1.807) is 0 Å². The lowest BCUT2D eigenvalue weighted by atomic mass is 9.98. The second-order valence-corrected chi connectivity index (χ2v) is 5.72. The second-order valence-electron chi connectivity index (χ2n) is 5.72. The van der Waals surface area contributed by atoms with Crippen molar-refractivity contribution in [1.29, 1.82) is 0 Å². The highest BCUT2D eigenvalue weighted by Crippen LogP contribution is 2.31. The van der Waals surface area contributed by atoms with Crippen LogP contribution < -0.4 is 10.4 Å². The molecule has 0 unspecified atom stereocenters. The van der Waals surface area contributed by atoms with E-state index in [2.05, 4.69) is 0 Å². The molecule has 0 saturated carbocycles. The van der Waals surface area contributed by atoms with Crippen molar-refractivity contribution in [1.82, 2.24) is 0 Å². The van der Waals surface area contributed by atoms with Crippen LogP contribution in [-0.4, -0.2) is 6.61 Å². The summed E-state index contributed by atoms with van der Waals surface area (Å²) in [5, 5.41) is 0.892. The zero-order chi connectivity index (χ0) is 16.4. The van der Waals surface area contributed by atoms with E-state index >= 15 is 0 Å². The SMILES string of the molecule is CCOc1cc(C)cc2oc(=O)c(Cc3ccccc3)c(C)c12. The Morgan fingerprint density at radius 2 is 1.83 bits per heavy atom. The number of hydrogen-bond donors (Lipinski definition) is 0. The van der Waals surface area contributed by atoms with Crippen LogP contribution in [-0.2, 0) is 6.42 Å². The zero-order valence-corrected chi connectivity index (χ0v) is 13.7. The normalized spacial score (nSPS) is 10.9. The Hall–Kier alpha value is -2.55. The monoisotopic (exact) mass is 308 g/mol. The minimum atomic E-state index is -0.271. The van der Waals surface area contributed by atoms with E-state index in [4.69, 9.17) is 9.15 Å². The average Bonchev–Trinajstić information content (AvgIpc) is 2.52. The van der Waals surface area contributed by atoms with Gasteiger partial charge >= 0.3 is 5.63 Å². The molecule has 0 fully saturated rings. The van der Waals surface area contributed by atoms with Crippen LogP contribution in [0.25, 0.3) is 11.0 Å².